The average molecular weight is 386 g/mol. The van der Waals surface area contributed by atoms with Crippen molar-refractivity contribution >= 4 is 23.6 Å². The van der Waals surface area contributed by atoms with Gasteiger partial charge in [0, 0.05) is 39.8 Å². The molecule has 2 saturated heterocycles. The lowest BCUT2D eigenvalue weighted by atomic mass is 10.1. The molecule has 0 aromatic heterocycles. The van der Waals surface area contributed by atoms with Crippen molar-refractivity contribution in [3.05, 3.63) is 35.4 Å². The molecule has 2 heterocycles. The van der Waals surface area contributed by atoms with Gasteiger partial charge in [-0.15, -0.1) is 0 Å². The standard InChI is InChI=1S/C20H26N4O4/c1-15(25)23(21-10-4-8-19(21)27)13-17-6-3-7-18(12-17)14-24(16(2)26)22-11-5-9-20(22)28/h3,6-7,12H,4-5,8-11,13-14H2,1-2H3. The van der Waals surface area contributed by atoms with Gasteiger partial charge in [0.1, 0.15) is 0 Å². The Labute approximate surface area is 164 Å². The normalized spacial score (nSPS) is 16.6. The summed E-state index contributed by atoms with van der Waals surface area (Å²) in [6, 6.07) is 7.55. The first kappa shape index (κ1) is 19.9. The number of hydrazine groups is 2. The topological polar surface area (TPSA) is 81.2 Å². The molecule has 28 heavy (non-hydrogen) atoms. The van der Waals surface area contributed by atoms with Crippen LogP contribution in [0, 0.1) is 0 Å². The van der Waals surface area contributed by atoms with Crippen LogP contribution in [0.2, 0.25) is 0 Å². The fourth-order valence-corrected chi connectivity index (χ4v) is 3.68. The van der Waals surface area contributed by atoms with Gasteiger partial charge in [-0.1, -0.05) is 24.3 Å². The van der Waals surface area contributed by atoms with Gasteiger partial charge >= 0.3 is 0 Å². The van der Waals surface area contributed by atoms with Gasteiger partial charge in [-0.3, -0.25) is 29.2 Å². The zero-order chi connectivity index (χ0) is 20.3. The molecule has 3 rings (SSSR count). The van der Waals surface area contributed by atoms with Crippen LogP contribution in [-0.4, -0.2) is 56.8 Å². The number of carbonyl (C=O) groups excluding carboxylic acids is 4. The van der Waals surface area contributed by atoms with Gasteiger partial charge in [0.05, 0.1) is 13.1 Å². The van der Waals surface area contributed by atoms with Crippen molar-refractivity contribution in [1.82, 2.24) is 20.0 Å². The molecule has 0 radical (unpaired) electrons. The Morgan fingerprint density at radius 2 is 1.29 bits per heavy atom. The van der Waals surface area contributed by atoms with Crippen LogP contribution in [0.3, 0.4) is 0 Å². The van der Waals surface area contributed by atoms with E-state index in [0.717, 1.165) is 24.0 Å². The zero-order valence-electron chi connectivity index (χ0n) is 16.4. The highest BCUT2D eigenvalue weighted by Gasteiger charge is 2.29. The van der Waals surface area contributed by atoms with E-state index in [-0.39, 0.29) is 36.7 Å². The van der Waals surface area contributed by atoms with Crippen LogP contribution in [0.25, 0.3) is 0 Å². The Kier molecular flexibility index (Phi) is 5.96. The molecule has 0 bridgehead atoms. The molecule has 0 saturated carbocycles. The maximum Gasteiger partial charge on any atom is 0.241 e. The Morgan fingerprint density at radius 1 is 0.857 bits per heavy atom. The van der Waals surface area contributed by atoms with E-state index in [0.29, 0.717) is 25.9 Å². The molecule has 2 fully saturated rings. The molecule has 8 nitrogen and oxygen atoms in total. The molecule has 0 atom stereocenters. The number of hydrogen-bond acceptors (Lipinski definition) is 4. The van der Waals surface area contributed by atoms with Gasteiger partial charge in [-0.2, -0.15) is 0 Å². The number of benzene rings is 1. The molecule has 8 heteroatoms. The first-order valence-electron chi connectivity index (χ1n) is 9.61. The molecule has 1 aromatic rings. The van der Waals surface area contributed by atoms with Gasteiger partial charge < -0.3 is 0 Å². The number of hydrogen-bond donors (Lipinski definition) is 0. The van der Waals surface area contributed by atoms with E-state index in [1.54, 1.807) is 0 Å². The fourth-order valence-electron chi connectivity index (χ4n) is 3.68. The second kappa shape index (κ2) is 8.41. The summed E-state index contributed by atoms with van der Waals surface area (Å²) in [4.78, 5) is 48.2. The molecule has 0 unspecified atom stereocenters. The molecule has 4 amide bonds. The van der Waals surface area contributed by atoms with Gasteiger partial charge in [-0.25, -0.2) is 10.0 Å². The molecule has 1 aromatic carbocycles. The summed E-state index contributed by atoms with van der Waals surface area (Å²) in [6.45, 7) is 4.58. The molecule has 0 spiro atoms. The minimum atomic E-state index is -0.186. The van der Waals surface area contributed by atoms with E-state index in [4.69, 9.17) is 0 Å². The van der Waals surface area contributed by atoms with Crippen LogP contribution < -0.4 is 0 Å². The Hall–Kier alpha value is -2.90. The number of nitrogens with zero attached hydrogens (tertiary/aromatic N) is 4. The summed E-state index contributed by atoms with van der Waals surface area (Å²) in [5.41, 5.74) is 1.73. The lowest BCUT2D eigenvalue weighted by Crippen LogP contribution is -2.46. The molecule has 150 valence electrons. The minimum Gasteiger partial charge on any atom is -0.273 e. The van der Waals surface area contributed by atoms with Crippen LogP contribution in [0.5, 0.6) is 0 Å². The zero-order valence-corrected chi connectivity index (χ0v) is 16.4. The molecule has 2 aliphatic rings. The third-order valence-corrected chi connectivity index (χ3v) is 5.06. The molecule has 2 aliphatic heterocycles. The van der Waals surface area contributed by atoms with Crippen molar-refractivity contribution in [1.29, 1.82) is 0 Å². The lowest BCUT2D eigenvalue weighted by molar-refractivity contribution is -0.159. The van der Waals surface area contributed by atoms with Crippen molar-refractivity contribution in [3.63, 3.8) is 0 Å². The van der Waals surface area contributed by atoms with Crippen LogP contribution >= 0.6 is 0 Å². The van der Waals surface area contributed by atoms with Gasteiger partial charge in [-0.05, 0) is 24.0 Å². The maximum atomic E-state index is 12.1. The number of carbonyl (C=O) groups is 4. The average Bonchev–Trinajstić information content (AvgIpc) is 3.26. The highest BCUT2D eigenvalue weighted by Crippen LogP contribution is 2.19. The van der Waals surface area contributed by atoms with Gasteiger partial charge in [0.2, 0.25) is 23.6 Å². The Bertz CT molecular complexity index is 733. The largest absolute Gasteiger partial charge is 0.273 e. The third-order valence-electron chi connectivity index (χ3n) is 5.06. The van der Waals surface area contributed by atoms with Crippen molar-refractivity contribution in [2.24, 2.45) is 0 Å². The van der Waals surface area contributed by atoms with Crippen LogP contribution in [0.4, 0.5) is 0 Å². The van der Waals surface area contributed by atoms with E-state index in [9.17, 15) is 19.2 Å². The summed E-state index contributed by atoms with van der Waals surface area (Å²) >= 11 is 0. The van der Waals surface area contributed by atoms with E-state index in [1.807, 2.05) is 24.3 Å². The summed E-state index contributed by atoms with van der Waals surface area (Å²) in [5.74, 6) is -0.453. The molecular formula is C20H26N4O4. The Morgan fingerprint density at radius 3 is 1.61 bits per heavy atom. The summed E-state index contributed by atoms with van der Waals surface area (Å²) < 4.78 is 0. The smallest absolute Gasteiger partial charge is 0.241 e. The summed E-state index contributed by atoms with van der Waals surface area (Å²) in [7, 11) is 0. The van der Waals surface area contributed by atoms with Gasteiger partial charge in [0.15, 0.2) is 0 Å². The SMILES string of the molecule is CC(=O)N(Cc1cccc(CN(C(C)=O)N2CCCC2=O)c1)N1CCCC1=O. The Balaban J connectivity index is 1.75. The maximum absolute atomic E-state index is 12.1. The van der Waals surface area contributed by atoms with Crippen LogP contribution in [-0.2, 0) is 32.3 Å². The van der Waals surface area contributed by atoms with Crippen LogP contribution in [0.15, 0.2) is 24.3 Å². The van der Waals surface area contributed by atoms with Gasteiger partial charge in [0.25, 0.3) is 0 Å². The third kappa shape index (κ3) is 4.32. The molecular weight excluding hydrogens is 360 g/mol. The fraction of sp³-hybridized carbons (Fsp3) is 0.500. The van der Waals surface area contributed by atoms with Crippen molar-refractivity contribution < 1.29 is 19.2 Å². The summed E-state index contributed by atoms with van der Waals surface area (Å²) in [6.07, 6.45) is 2.42. The number of amides is 4. The highest BCUT2D eigenvalue weighted by atomic mass is 16.2. The predicted molar refractivity (Wildman–Crippen MR) is 101 cm³/mol. The minimum absolute atomic E-state index is 0.0401. The number of rotatable bonds is 6. The quantitative estimate of drug-likeness (QED) is 0.741. The molecule has 0 N–H and O–H groups in total. The van der Waals surface area contributed by atoms with Crippen molar-refractivity contribution in [3.8, 4) is 0 Å². The van der Waals surface area contributed by atoms with E-state index in [1.165, 1.54) is 33.9 Å². The van der Waals surface area contributed by atoms with E-state index >= 15 is 0 Å². The molecule has 0 aliphatic carbocycles. The van der Waals surface area contributed by atoms with Crippen molar-refractivity contribution in [2.45, 2.75) is 52.6 Å². The van der Waals surface area contributed by atoms with Crippen LogP contribution in [0.1, 0.15) is 50.7 Å². The lowest BCUT2D eigenvalue weighted by Gasteiger charge is -2.32. The monoisotopic (exact) mass is 386 g/mol. The predicted octanol–water partition coefficient (Wildman–Crippen LogP) is 1.46. The highest BCUT2D eigenvalue weighted by molar-refractivity contribution is 5.83. The summed E-state index contributed by atoms with van der Waals surface area (Å²) in [5, 5.41) is 5.97. The van der Waals surface area contributed by atoms with Crippen molar-refractivity contribution in [2.75, 3.05) is 13.1 Å². The van der Waals surface area contributed by atoms with E-state index in [2.05, 4.69) is 0 Å². The first-order valence-corrected chi connectivity index (χ1v) is 9.61. The first-order chi connectivity index (χ1) is 13.4. The van der Waals surface area contributed by atoms with E-state index < -0.39 is 0 Å². The second-order valence-corrected chi connectivity index (χ2v) is 7.21. The second-order valence-electron chi connectivity index (χ2n) is 7.21.